The molecule has 0 bridgehead atoms. The van der Waals surface area contributed by atoms with Crippen molar-refractivity contribution >= 4 is 41.1 Å². The first-order chi connectivity index (χ1) is 23.5. The summed E-state index contributed by atoms with van der Waals surface area (Å²) < 4.78 is 11.1. The molecule has 14 heteroatoms. The lowest BCUT2D eigenvalue weighted by Gasteiger charge is -2.36. The Labute approximate surface area is 293 Å². The molecule has 3 aromatic rings. The van der Waals surface area contributed by atoms with Crippen LogP contribution in [0.4, 0.5) is 22.2 Å². The number of β-amino-alcohol motifs (C(OH)–C–C–N with tert-alkyl or cyclic N) is 1. The van der Waals surface area contributed by atoms with E-state index in [1.165, 1.54) is 6.92 Å². The highest BCUT2D eigenvalue weighted by Crippen LogP contribution is 2.29. The molecule has 2 fully saturated rings. The molecule has 0 aliphatic carbocycles. The second-order valence-corrected chi connectivity index (χ2v) is 13.7. The molecule has 3 atom stereocenters. The van der Waals surface area contributed by atoms with E-state index in [-0.39, 0.29) is 24.2 Å². The average molecular weight is 695 g/mol. The highest BCUT2D eigenvalue weighted by Gasteiger charge is 2.35. The molecule has 2 aromatic heterocycles. The van der Waals surface area contributed by atoms with E-state index in [0.29, 0.717) is 64.1 Å². The molecule has 5 rings (SSSR count). The predicted molar refractivity (Wildman–Crippen MR) is 189 cm³/mol. The number of hydrogen-bond acceptors (Lipinski definition) is 12. The highest BCUT2D eigenvalue weighted by atomic mass is 35.5. The van der Waals surface area contributed by atoms with Crippen LogP contribution in [0.25, 0.3) is 11.3 Å². The van der Waals surface area contributed by atoms with Gasteiger partial charge in [0.2, 0.25) is 5.95 Å². The monoisotopic (exact) mass is 694 g/mol. The third-order valence-electron chi connectivity index (χ3n) is 8.35. The summed E-state index contributed by atoms with van der Waals surface area (Å²) in [6.45, 7) is 11.0. The van der Waals surface area contributed by atoms with Crippen molar-refractivity contribution in [1.82, 2.24) is 30.1 Å². The Balaban J connectivity index is 1.14. The maximum atomic E-state index is 12.4. The molecule has 0 saturated carbocycles. The minimum Gasteiger partial charge on any atom is -0.461 e. The number of benzene rings is 1. The molecule has 49 heavy (non-hydrogen) atoms. The van der Waals surface area contributed by atoms with E-state index < -0.39 is 11.8 Å². The van der Waals surface area contributed by atoms with Crippen LogP contribution in [-0.4, -0.2) is 112 Å². The summed E-state index contributed by atoms with van der Waals surface area (Å²) in [7, 11) is 0. The number of amides is 1. The summed E-state index contributed by atoms with van der Waals surface area (Å²) in [6, 6.07) is 13.6. The minimum absolute atomic E-state index is 0.0541. The van der Waals surface area contributed by atoms with Crippen LogP contribution in [0.5, 0.6) is 0 Å². The largest absolute Gasteiger partial charge is 0.461 e. The quantitative estimate of drug-likeness (QED) is 0.141. The van der Waals surface area contributed by atoms with Gasteiger partial charge in [0.1, 0.15) is 23.8 Å². The van der Waals surface area contributed by atoms with Gasteiger partial charge in [0.05, 0.1) is 12.2 Å². The number of alkyl halides is 1. The Morgan fingerprint density at radius 3 is 2.59 bits per heavy atom. The number of hydrogen-bond donors (Lipinski definition) is 3. The van der Waals surface area contributed by atoms with Crippen molar-refractivity contribution in [2.24, 2.45) is 0 Å². The van der Waals surface area contributed by atoms with Gasteiger partial charge in [-0.3, -0.25) is 15.0 Å². The normalized spacial score (nSPS) is 19.1. The van der Waals surface area contributed by atoms with E-state index in [4.69, 9.17) is 26.1 Å². The van der Waals surface area contributed by atoms with Crippen molar-refractivity contribution in [3.8, 4) is 11.3 Å². The molecular weight excluding hydrogens is 648 g/mol. The number of aromatic nitrogens is 3. The molecule has 2 aliphatic rings. The van der Waals surface area contributed by atoms with Gasteiger partial charge in [0, 0.05) is 81.6 Å². The number of nitrogens with one attached hydrogen (secondary N) is 2. The fraction of sp³-hybridized carbons (Fsp3) is 0.514. The van der Waals surface area contributed by atoms with Crippen LogP contribution >= 0.6 is 11.6 Å². The predicted octanol–water partition coefficient (Wildman–Crippen LogP) is 4.38. The summed E-state index contributed by atoms with van der Waals surface area (Å²) in [5, 5.41) is 17.2. The fourth-order valence-corrected chi connectivity index (χ4v) is 6.23. The van der Waals surface area contributed by atoms with Crippen molar-refractivity contribution < 1.29 is 24.2 Å². The van der Waals surface area contributed by atoms with Crippen molar-refractivity contribution in [2.45, 2.75) is 70.4 Å². The van der Waals surface area contributed by atoms with Gasteiger partial charge in [0.15, 0.2) is 0 Å². The number of carbonyl (C=O) groups is 2. The van der Waals surface area contributed by atoms with Crippen LogP contribution in [0.15, 0.2) is 54.9 Å². The zero-order chi connectivity index (χ0) is 35.0. The standard InChI is InChI=1S/C35H47ClN8O5/c1-24(45)48-29-19-28(10-12-37-32(46)23-42-14-16-43(17-15-42)34(47)49-35(2,3)4)44(22-29)31-9-8-26(21-39-31)30-11-13-38-33(41-30)40-27-7-5-6-25(18-27)20-36/h5-9,11,13,18,21,28-29,32,37,46H,10,12,14-17,19-20,22-23H2,1-4H3,(H,38,40,41). The molecule has 3 unspecified atom stereocenters. The topological polar surface area (TPSA) is 145 Å². The lowest BCUT2D eigenvalue weighted by Crippen LogP contribution is -2.53. The zero-order valence-corrected chi connectivity index (χ0v) is 29.4. The van der Waals surface area contributed by atoms with E-state index in [9.17, 15) is 14.7 Å². The molecule has 3 N–H and O–H groups in total. The van der Waals surface area contributed by atoms with Crippen LogP contribution < -0.4 is 15.5 Å². The van der Waals surface area contributed by atoms with E-state index in [2.05, 4.69) is 30.4 Å². The van der Waals surface area contributed by atoms with Gasteiger partial charge in [-0.25, -0.2) is 19.7 Å². The molecule has 0 spiro atoms. The van der Waals surface area contributed by atoms with Gasteiger partial charge in [-0.1, -0.05) is 12.1 Å². The van der Waals surface area contributed by atoms with Crippen molar-refractivity contribution in [3.05, 3.63) is 60.4 Å². The number of halogens is 1. The van der Waals surface area contributed by atoms with Crippen LogP contribution in [0.1, 0.15) is 46.1 Å². The van der Waals surface area contributed by atoms with E-state index in [1.54, 1.807) is 17.3 Å². The molecule has 4 heterocycles. The van der Waals surface area contributed by atoms with E-state index in [1.807, 2.05) is 63.2 Å². The van der Waals surface area contributed by atoms with Crippen molar-refractivity contribution in [3.63, 3.8) is 0 Å². The maximum Gasteiger partial charge on any atom is 0.410 e. The second-order valence-electron chi connectivity index (χ2n) is 13.4. The number of carbonyl (C=O) groups excluding carboxylic acids is 2. The van der Waals surface area contributed by atoms with Gasteiger partial charge < -0.3 is 29.7 Å². The Hall–Kier alpha value is -4.04. The number of pyridine rings is 1. The van der Waals surface area contributed by atoms with Gasteiger partial charge in [-0.15, -0.1) is 11.6 Å². The fourth-order valence-electron chi connectivity index (χ4n) is 6.06. The molecule has 2 saturated heterocycles. The SMILES string of the molecule is CC(=O)OC1CC(CCNC(O)CN2CCN(C(=O)OC(C)(C)C)CC2)N(c2ccc(-c3ccnc(Nc4cccc(CCl)c4)n3)cn2)C1. The summed E-state index contributed by atoms with van der Waals surface area (Å²) in [5.74, 6) is 1.35. The minimum atomic E-state index is -0.721. The first-order valence-electron chi connectivity index (χ1n) is 16.7. The molecular formula is C35H47ClN8O5. The molecule has 1 amide bonds. The van der Waals surface area contributed by atoms with Crippen LogP contribution in [0.2, 0.25) is 0 Å². The van der Waals surface area contributed by atoms with Gasteiger partial charge in [-0.05, 0) is 69.6 Å². The van der Waals surface area contributed by atoms with Gasteiger partial charge in [-0.2, -0.15) is 0 Å². The number of aliphatic hydroxyl groups is 1. The summed E-state index contributed by atoms with van der Waals surface area (Å²) in [6.07, 6.45) is 3.61. The lowest BCUT2D eigenvalue weighted by molar-refractivity contribution is -0.145. The summed E-state index contributed by atoms with van der Waals surface area (Å²) in [5.41, 5.74) is 2.89. The number of rotatable bonds is 12. The molecule has 2 aliphatic heterocycles. The molecule has 13 nitrogen and oxygen atoms in total. The number of ether oxygens (including phenoxy) is 2. The average Bonchev–Trinajstić information content (AvgIpc) is 3.46. The van der Waals surface area contributed by atoms with E-state index >= 15 is 0 Å². The Kier molecular flexibility index (Phi) is 12.3. The highest BCUT2D eigenvalue weighted by molar-refractivity contribution is 6.17. The van der Waals surface area contributed by atoms with Gasteiger partial charge in [0.25, 0.3) is 0 Å². The smallest absolute Gasteiger partial charge is 0.410 e. The van der Waals surface area contributed by atoms with Crippen LogP contribution in [0.3, 0.4) is 0 Å². The number of piperazine rings is 1. The maximum absolute atomic E-state index is 12.4. The Morgan fingerprint density at radius 1 is 1.10 bits per heavy atom. The van der Waals surface area contributed by atoms with Crippen molar-refractivity contribution in [2.75, 3.05) is 56.0 Å². The number of esters is 1. The van der Waals surface area contributed by atoms with E-state index in [0.717, 1.165) is 34.7 Å². The Bertz CT molecular complexity index is 1550. The Morgan fingerprint density at radius 2 is 1.90 bits per heavy atom. The molecule has 1 aromatic carbocycles. The lowest BCUT2D eigenvalue weighted by atomic mass is 10.1. The first-order valence-corrected chi connectivity index (χ1v) is 17.3. The summed E-state index contributed by atoms with van der Waals surface area (Å²) in [4.78, 5) is 44.0. The number of aliphatic hydroxyl groups excluding tert-OH is 1. The second kappa shape index (κ2) is 16.6. The van der Waals surface area contributed by atoms with Gasteiger partial charge >= 0.3 is 12.1 Å². The number of anilines is 3. The van der Waals surface area contributed by atoms with Crippen LogP contribution in [-0.2, 0) is 20.1 Å². The third kappa shape index (κ3) is 10.7. The first kappa shape index (κ1) is 36.2. The molecule has 264 valence electrons. The molecule has 0 radical (unpaired) electrons. The van der Waals surface area contributed by atoms with Crippen molar-refractivity contribution in [1.29, 1.82) is 0 Å². The zero-order valence-electron chi connectivity index (χ0n) is 28.6. The summed E-state index contributed by atoms with van der Waals surface area (Å²) >= 11 is 5.98. The van der Waals surface area contributed by atoms with Crippen LogP contribution in [0, 0.1) is 0 Å². The number of nitrogens with zero attached hydrogens (tertiary/aromatic N) is 6. The third-order valence-corrected chi connectivity index (χ3v) is 8.66.